The fourth-order valence-corrected chi connectivity index (χ4v) is 3.43. The number of hydrogen-bond donors (Lipinski definition) is 0. The highest BCUT2D eigenvalue weighted by Crippen LogP contribution is 2.30. The number of rotatable bonds is 4. The molecule has 4 rings (SSSR count). The van der Waals surface area contributed by atoms with Crippen molar-refractivity contribution in [1.29, 1.82) is 0 Å². The van der Waals surface area contributed by atoms with Crippen LogP contribution < -0.4 is 0 Å². The lowest BCUT2D eigenvalue weighted by Gasteiger charge is -2.15. The first-order chi connectivity index (χ1) is 12.8. The maximum Gasteiger partial charge on any atom is 0.00614 e. The Morgan fingerprint density at radius 1 is 0.423 bits per heavy atom. The zero-order chi connectivity index (χ0) is 17.8. The van der Waals surface area contributed by atoms with Gasteiger partial charge in [0.05, 0.1) is 0 Å². The molecule has 0 saturated carbocycles. The molecule has 0 aromatic heterocycles. The van der Waals surface area contributed by atoms with Gasteiger partial charge in [0.25, 0.3) is 0 Å². The largest absolute Gasteiger partial charge is 0.0622 e. The average molecular weight is 334 g/mol. The zero-order valence-corrected chi connectivity index (χ0v) is 15.0. The maximum absolute atomic E-state index is 2.31. The van der Waals surface area contributed by atoms with Gasteiger partial charge in [-0.25, -0.2) is 0 Å². The van der Waals surface area contributed by atoms with Gasteiger partial charge in [0.1, 0.15) is 0 Å². The van der Waals surface area contributed by atoms with E-state index in [1.807, 2.05) is 0 Å². The molecule has 0 fully saturated rings. The molecule has 0 spiro atoms. The Kier molecular flexibility index (Phi) is 4.66. The molecule has 4 aromatic carbocycles. The summed E-state index contributed by atoms with van der Waals surface area (Å²) in [7, 11) is 0. The topological polar surface area (TPSA) is 0 Å². The van der Waals surface area contributed by atoms with E-state index in [1.54, 1.807) is 0 Å². The van der Waals surface area contributed by atoms with E-state index in [1.165, 1.54) is 33.4 Å². The quantitative estimate of drug-likeness (QED) is 0.371. The summed E-state index contributed by atoms with van der Waals surface area (Å²) in [4.78, 5) is 0. The van der Waals surface area contributed by atoms with Crippen LogP contribution in [0.5, 0.6) is 0 Å². The summed E-state index contributed by atoms with van der Waals surface area (Å²) in [5.41, 5.74) is 7.76. The third kappa shape index (κ3) is 3.45. The van der Waals surface area contributed by atoms with Gasteiger partial charge >= 0.3 is 0 Å². The molecule has 26 heavy (non-hydrogen) atoms. The Bertz CT molecular complexity index is 901. The van der Waals surface area contributed by atoms with Crippen LogP contribution in [0.4, 0.5) is 0 Å². The van der Waals surface area contributed by atoms with E-state index in [0.29, 0.717) is 5.92 Å². The van der Waals surface area contributed by atoms with Gasteiger partial charge in [-0.05, 0) is 33.4 Å². The molecule has 0 aliphatic heterocycles. The average Bonchev–Trinajstić information content (AvgIpc) is 2.75. The first-order valence-electron chi connectivity index (χ1n) is 9.12. The second kappa shape index (κ2) is 7.41. The number of benzene rings is 4. The summed E-state index contributed by atoms with van der Waals surface area (Å²) in [6.45, 7) is 2.29. The molecule has 126 valence electrons. The molecule has 4 aromatic rings. The Morgan fingerprint density at radius 3 is 1.23 bits per heavy atom. The maximum atomic E-state index is 2.31. The Hall–Kier alpha value is -3.12. The standard InChI is InChI=1S/C26H22/c1-20(23-14-8-16-25(18-23)21-10-4-2-5-11-21)24-15-9-17-26(19-24)22-12-6-3-7-13-22/h2-20H,1H3. The van der Waals surface area contributed by atoms with Crippen LogP contribution in [0.25, 0.3) is 22.3 Å². The van der Waals surface area contributed by atoms with E-state index in [2.05, 4.69) is 116 Å². The van der Waals surface area contributed by atoms with Crippen molar-refractivity contribution in [1.82, 2.24) is 0 Å². The van der Waals surface area contributed by atoms with Crippen molar-refractivity contribution < 1.29 is 0 Å². The Balaban J connectivity index is 1.67. The molecule has 0 aliphatic rings. The van der Waals surface area contributed by atoms with E-state index in [9.17, 15) is 0 Å². The van der Waals surface area contributed by atoms with Crippen LogP contribution in [0.3, 0.4) is 0 Å². The summed E-state index contributed by atoms with van der Waals surface area (Å²) in [6.07, 6.45) is 0. The van der Waals surface area contributed by atoms with Crippen molar-refractivity contribution in [3.63, 3.8) is 0 Å². The predicted molar refractivity (Wildman–Crippen MR) is 111 cm³/mol. The van der Waals surface area contributed by atoms with Crippen LogP contribution >= 0.6 is 0 Å². The van der Waals surface area contributed by atoms with Gasteiger partial charge < -0.3 is 0 Å². The highest BCUT2D eigenvalue weighted by atomic mass is 14.1. The fraction of sp³-hybridized carbons (Fsp3) is 0.0769. The highest BCUT2D eigenvalue weighted by Gasteiger charge is 2.10. The van der Waals surface area contributed by atoms with Gasteiger partial charge in [-0.1, -0.05) is 116 Å². The number of hydrogen-bond acceptors (Lipinski definition) is 0. The van der Waals surface area contributed by atoms with Crippen LogP contribution in [0.2, 0.25) is 0 Å². The second-order valence-corrected chi connectivity index (χ2v) is 6.70. The lowest BCUT2D eigenvalue weighted by atomic mass is 9.89. The van der Waals surface area contributed by atoms with Gasteiger partial charge in [-0.3, -0.25) is 0 Å². The van der Waals surface area contributed by atoms with E-state index in [4.69, 9.17) is 0 Å². The van der Waals surface area contributed by atoms with Gasteiger partial charge in [-0.15, -0.1) is 0 Å². The first-order valence-corrected chi connectivity index (χ1v) is 9.12. The summed E-state index contributed by atoms with van der Waals surface area (Å²) in [5.74, 6) is 0.349. The minimum Gasteiger partial charge on any atom is -0.0622 e. The zero-order valence-electron chi connectivity index (χ0n) is 15.0. The third-order valence-electron chi connectivity index (χ3n) is 4.99. The summed E-state index contributed by atoms with van der Waals surface area (Å²) < 4.78 is 0. The van der Waals surface area contributed by atoms with E-state index in [0.717, 1.165) is 0 Å². The van der Waals surface area contributed by atoms with Crippen molar-refractivity contribution in [3.05, 3.63) is 120 Å². The van der Waals surface area contributed by atoms with Crippen molar-refractivity contribution in [3.8, 4) is 22.3 Å². The van der Waals surface area contributed by atoms with Crippen LogP contribution in [-0.4, -0.2) is 0 Å². The highest BCUT2D eigenvalue weighted by molar-refractivity contribution is 5.66. The smallest absolute Gasteiger partial charge is 0.00614 e. The minimum atomic E-state index is 0.349. The van der Waals surface area contributed by atoms with Crippen molar-refractivity contribution >= 4 is 0 Å². The molecular formula is C26H22. The van der Waals surface area contributed by atoms with Gasteiger partial charge in [-0.2, -0.15) is 0 Å². The molecule has 0 N–H and O–H groups in total. The molecule has 0 amide bonds. The van der Waals surface area contributed by atoms with Crippen molar-refractivity contribution in [2.45, 2.75) is 12.8 Å². The van der Waals surface area contributed by atoms with Crippen LogP contribution in [0, 0.1) is 0 Å². The molecular weight excluding hydrogens is 312 g/mol. The molecule has 0 nitrogen and oxygen atoms in total. The molecule has 0 heteroatoms. The summed E-state index contributed by atoms with van der Waals surface area (Å²) >= 11 is 0. The second-order valence-electron chi connectivity index (χ2n) is 6.70. The van der Waals surface area contributed by atoms with Crippen LogP contribution in [0.1, 0.15) is 24.0 Å². The van der Waals surface area contributed by atoms with Gasteiger partial charge in [0.15, 0.2) is 0 Å². The van der Waals surface area contributed by atoms with Gasteiger partial charge in [0, 0.05) is 5.92 Å². The van der Waals surface area contributed by atoms with Crippen molar-refractivity contribution in [2.75, 3.05) is 0 Å². The monoisotopic (exact) mass is 334 g/mol. The Labute approximate surface area is 155 Å². The predicted octanol–water partition coefficient (Wildman–Crippen LogP) is 7.17. The first kappa shape index (κ1) is 16.4. The molecule has 0 aliphatic carbocycles. The fourth-order valence-electron chi connectivity index (χ4n) is 3.43. The molecule has 0 saturated heterocycles. The van der Waals surface area contributed by atoms with E-state index >= 15 is 0 Å². The molecule has 0 atom stereocenters. The van der Waals surface area contributed by atoms with Gasteiger partial charge in [0.2, 0.25) is 0 Å². The normalized spacial score (nSPS) is 10.8. The summed E-state index contributed by atoms with van der Waals surface area (Å²) in [5, 5.41) is 0. The SMILES string of the molecule is CC(c1cccc(-c2ccccc2)c1)c1cccc(-c2ccccc2)c1. The molecule has 0 unspecified atom stereocenters. The summed E-state index contributed by atoms with van der Waals surface area (Å²) in [6, 6.07) is 38.9. The minimum absolute atomic E-state index is 0.349. The molecule has 0 bridgehead atoms. The molecule has 0 radical (unpaired) electrons. The molecule has 0 heterocycles. The van der Waals surface area contributed by atoms with Crippen LogP contribution in [-0.2, 0) is 0 Å². The lowest BCUT2D eigenvalue weighted by Crippen LogP contribution is -1.97. The Morgan fingerprint density at radius 2 is 0.808 bits per heavy atom. The van der Waals surface area contributed by atoms with Crippen molar-refractivity contribution in [2.24, 2.45) is 0 Å². The van der Waals surface area contributed by atoms with Crippen LogP contribution in [0.15, 0.2) is 109 Å². The van der Waals surface area contributed by atoms with E-state index in [-0.39, 0.29) is 0 Å². The van der Waals surface area contributed by atoms with E-state index < -0.39 is 0 Å². The lowest BCUT2D eigenvalue weighted by molar-refractivity contribution is 0.923. The third-order valence-corrected chi connectivity index (χ3v) is 4.99.